The van der Waals surface area contributed by atoms with Crippen LogP contribution in [0, 0.1) is 0 Å². The molecule has 0 saturated carbocycles. The molecular weight excluding hydrogens is 1330 g/mol. The van der Waals surface area contributed by atoms with Crippen LogP contribution in [0.2, 0.25) is 0 Å². The van der Waals surface area contributed by atoms with Crippen LogP contribution in [-0.2, 0) is 0 Å². The largest absolute Gasteiger partial charge is 0.456 e. The lowest BCUT2D eigenvalue weighted by atomic mass is 10.0. The molecule has 0 radical (unpaired) electrons. The van der Waals surface area contributed by atoms with Crippen LogP contribution < -0.4 is 0 Å². The summed E-state index contributed by atoms with van der Waals surface area (Å²) in [5.41, 5.74) is 20.6. The monoisotopic (exact) mass is 1380 g/mol. The fraction of sp³-hybridized carbons (Fsp3) is 0. The Morgan fingerprint density at radius 1 is 0.194 bits per heavy atom. The number of para-hydroxylation sites is 5. The van der Waals surface area contributed by atoms with E-state index in [0.29, 0.717) is 34.9 Å². The van der Waals surface area contributed by atoms with Gasteiger partial charge in [0.15, 0.2) is 46.1 Å². The van der Waals surface area contributed by atoms with Crippen LogP contribution in [0.3, 0.4) is 0 Å². The Balaban J connectivity index is 0.000000135. The molecule has 8 heterocycles. The Morgan fingerprint density at radius 3 is 1.05 bits per heavy atom. The minimum atomic E-state index is 0.559. The molecule has 0 saturated heterocycles. The van der Waals surface area contributed by atoms with Gasteiger partial charge in [0.2, 0.25) is 0 Å². The number of fused-ring (bicyclic) bond motifs is 20. The number of rotatable bonds is 9. The molecule has 108 heavy (non-hydrogen) atoms. The van der Waals surface area contributed by atoms with Gasteiger partial charge in [0.05, 0.1) is 22.1 Å². The van der Waals surface area contributed by atoms with Crippen molar-refractivity contribution in [2.75, 3.05) is 0 Å². The molecule has 15 aromatic carbocycles. The fourth-order valence-electron chi connectivity index (χ4n) is 15.9. The highest BCUT2D eigenvalue weighted by Crippen LogP contribution is 2.45. The molecule has 0 atom stereocenters. The molecular formula is C96H56N8O4. The second-order valence-electron chi connectivity index (χ2n) is 27.2. The molecule has 0 aliphatic carbocycles. The Kier molecular flexibility index (Phi) is 13.7. The van der Waals surface area contributed by atoms with Crippen molar-refractivity contribution in [3.63, 3.8) is 0 Å². The fourth-order valence-corrected chi connectivity index (χ4v) is 15.9. The Morgan fingerprint density at radius 2 is 0.528 bits per heavy atom. The number of hydrogen-bond donors (Lipinski definition) is 0. The first-order chi connectivity index (χ1) is 53.5. The van der Waals surface area contributed by atoms with Crippen molar-refractivity contribution in [1.29, 1.82) is 0 Å². The van der Waals surface area contributed by atoms with Crippen LogP contribution >= 0.6 is 0 Å². The lowest BCUT2D eigenvalue weighted by molar-refractivity contribution is 0.668. The van der Waals surface area contributed by atoms with Crippen LogP contribution in [0.25, 0.3) is 222 Å². The Labute approximate surface area is 615 Å². The molecule has 0 aliphatic rings. The van der Waals surface area contributed by atoms with E-state index in [2.05, 4.69) is 221 Å². The van der Waals surface area contributed by atoms with E-state index in [1.54, 1.807) is 0 Å². The summed E-state index contributed by atoms with van der Waals surface area (Å²) in [6.07, 6.45) is 0. The molecule has 0 amide bonds. The van der Waals surface area contributed by atoms with E-state index in [0.717, 1.165) is 165 Å². The van der Waals surface area contributed by atoms with E-state index in [9.17, 15) is 0 Å². The van der Waals surface area contributed by atoms with Gasteiger partial charge in [-0.25, -0.2) is 29.9 Å². The van der Waals surface area contributed by atoms with Crippen LogP contribution in [-0.4, -0.2) is 39.0 Å². The highest BCUT2D eigenvalue weighted by molar-refractivity contribution is 6.23. The summed E-state index contributed by atoms with van der Waals surface area (Å²) in [5, 5.41) is 13.0. The van der Waals surface area contributed by atoms with Crippen molar-refractivity contribution >= 4 is 131 Å². The smallest absolute Gasteiger partial charge is 0.164 e. The van der Waals surface area contributed by atoms with E-state index in [1.165, 1.54) is 21.9 Å². The van der Waals surface area contributed by atoms with E-state index < -0.39 is 0 Å². The lowest BCUT2D eigenvalue weighted by Gasteiger charge is -2.09. The summed E-state index contributed by atoms with van der Waals surface area (Å²) in [5.74, 6) is 3.46. The summed E-state index contributed by atoms with van der Waals surface area (Å²) < 4.78 is 30.9. The summed E-state index contributed by atoms with van der Waals surface area (Å²) in [6, 6.07) is 117. The summed E-state index contributed by atoms with van der Waals surface area (Å²) in [7, 11) is 0. The molecule has 504 valence electrons. The Bertz CT molecular complexity index is 7540. The van der Waals surface area contributed by atoms with Gasteiger partial charge in [0.25, 0.3) is 0 Å². The number of hydrogen-bond acceptors (Lipinski definition) is 10. The maximum Gasteiger partial charge on any atom is 0.164 e. The van der Waals surface area contributed by atoms with E-state index in [-0.39, 0.29) is 0 Å². The van der Waals surface area contributed by atoms with Gasteiger partial charge >= 0.3 is 0 Å². The van der Waals surface area contributed by atoms with Gasteiger partial charge in [0, 0.05) is 109 Å². The average Bonchev–Trinajstić information content (AvgIpc) is 1.57. The zero-order valence-corrected chi connectivity index (χ0v) is 57.5. The maximum absolute atomic E-state index is 6.91. The summed E-state index contributed by atoms with van der Waals surface area (Å²) in [4.78, 5) is 30.3. The molecule has 0 bridgehead atoms. The quantitative estimate of drug-likeness (QED) is 0.137. The number of aromatic nitrogens is 8. The first kappa shape index (κ1) is 60.7. The van der Waals surface area contributed by atoms with Crippen LogP contribution in [0.4, 0.5) is 0 Å². The topological polar surface area (TPSA) is 140 Å². The third-order valence-corrected chi connectivity index (χ3v) is 20.9. The first-order valence-corrected chi connectivity index (χ1v) is 36.0. The van der Waals surface area contributed by atoms with Gasteiger partial charge in [-0.15, -0.1) is 0 Å². The van der Waals surface area contributed by atoms with Crippen molar-refractivity contribution in [1.82, 2.24) is 39.0 Å². The molecule has 8 aromatic heterocycles. The molecule has 0 fully saturated rings. The van der Waals surface area contributed by atoms with E-state index in [4.69, 9.17) is 47.6 Å². The minimum absolute atomic E-state index is 0.559. The molecule has 0 aliphatic heterocycles. The van der Waals surface area contributed by atoms with Crippen LogP contribution in [0.5, 0.6) is 0 Å². The predicted octanol–water partition coefficient (Wildman–Crippen LogP) is 25.2. The third-order valence-electron chi connectivity index (χ3n) is 20.9. The molecule has 12 heteroatoms. The zero-order valence-electron chi connectivity index (χ0n) is 57.5. The number of furan rings is 4. The average molecular weight is 1390 g/mol. The van der Waals surface area contributed by atoms with Gasteiger partial charge in [0.1, 0.15) is 33.5 Å². The lowest BCUT2D eigenvalue weighted by Crippen LogP contribution is -2.00. The Hall–Kier alpha value is -14.9. The highest BCUT2D eigenvalue weighted by atomic mass is 16.3. The summed E-state index contributed by atoms with van der Waals surface area (Å²) >= 11 is 0. The van der Waals surface area contributed by atoms with Crippen LogP contribution in [0.15, 0.2) is 357 Å². The van der Waals surface area contributed by atoms with Gasteiger partial charge in [-0.1, -0.05) is 237 Å². The zero-order chi connectivity index (χ0) is 70.9. The second kappa shape index (κ2) is 24.4. The van der Waals surface area contributed by atoms with Crippen molar-refractivity contribution in [3.8, 4) is 90.8 Å². The normalized spacial score (nSPS) is 11.9. The standard InChI is InChI=1S/C51H30N4O2.C45H26N4O2/c1-3-11-31(12-4-1)32-19-23-36(24-20-32)55-43-17-9-7-15-37(43)41-27-28-42-40-26-22-35(30-46(40)57-48(42)47(41)55)51-53-49(33-13-5-2-6-14-33)52-50(54-51)34-21-25-39-38-16-8-10-18-44(38)56-45(39)29-34;1-3-12-27(13-4-1)43-46-44(48-45(47-43)35-18-11-21-38-40(35)34-17-8-10-20-37(34)50-38)28-22-23-31-33-25-24-32-30-16-7-9-19-36(30)49(29-14-5-2-6-15-29)41(32)42(33)51-39(31)26-28/h1-30H;1-26H. The first-order valence-electron chi connectivity index (χ1n) is 36.0. The molecule has 23 rings (SSSR count). The highest BCUT2D eigenvalue weighted by Gasteiger charge is 2.25. The van der Waals surface area contributed by atoms with Crippen molar-refractivity contribution in [2.24, 2.45) is 0 Å². The van der Waals surface area contributed by atoms with Crippen LogP contribution in [0.1, 0.15) is 0 Å². The minimum Gasteiger partial charge on any atom is -0.456 e. The number of nitrogens with zero attached hydrogens (tertiary/aromatic N) is 8. The summed E-state index contributed by atoms with van der Waals surface area (Å²) in [6.45, 7) is 0. The molecule has 0 spiro atoms. The second-order valence-corrected chi connectivity index (χ2v) is 27.2. The maximum atomic E-state index is 6.91. The van der Waals surface area contributed by atoms with Gasteiger partial charge in [-0.05, 0) is 114 Å². The van der Waals surface area contributed by atoms with Gasteiger partial charge < -0.3 is 26.8 Å². The van der Waals surface area contributed by atoms with Crippen molar-refractivity contribution in [3.05, 3.63) is 340 Å². The molecule has 0 N–H and O–H groups in total. The third kappa shape index (κ3) is 9.85. The molecule has 23 aromatic rings. The van der Waals surface area contributed by atoms with Crippen molar-refractivity contribution < 1.29 is 17.7 Å². The number of benzene rings is 15. The van der Waals surface area contributed by atoms with Gasteiger partial charge in [-0.2, -0.15) is 0 Å². The molecule has 12 nitrogen and oxygen atoms in total. The molecule has 0 unspecified atom stereocenters. The SMILES string of the molecule is c1ccc(-c2ccc(-n3c4ccccc4c4ccc5c6ccc(-c7nc(-c8ccccc8)nc(-c8ccc9c(c8)oc8ccccc89)n7)cc6oc5c43)cc2)cc1.c1ccc(-c2nc(-c3ccc4c(c3)oc3c4ccc4c5ccccc5n(-c5ccccc5)c43)nc(-c3cccc4oc5ccccc5c34)n2)cc1. The van der Waals surface area contributed by atoms with Gasteiger partial charge in [-0.3, -0.25) is 0 Å². The van der Waals surface area contributed by atoms with E-state index in [1.807, 2.05) is 127 Å². The van der Waals surface area contributed by atoms with E-state index >= 15 is 0 Å². The van der Waals surface area contributed by atoms with Crippen molar-refractivity contribution in [2.45, 2.75) is 0 Å². The predicted molar refractivity (Wildman–Crippen MR) is 435 cm³/mol.